The Morgan fingerprint density at radius 3 is 2.68 bits per heavy atom. The fraction of sp³-hybridized carbons (Fsp3) is 0.467. The van der Waals surface area contributed by atoms with E-state index in [9.17, 15) is 14.7 Å². The summed E-state index contributed by atoms with van der Waals surface area (Å²) in [6, 6.07) is 6.94. The van der Waals surface area contributed by atoms with Crippen LogP contribution in [0.2, 0.25) is 0 Å². The first kappa shape index (κ1) is 25.3. The van der Waals surface area contributed by atoms with Crippen LogP contribution in [0.5, 0.6) is 23.0 Å². The minimum absolute atomic E-state index is 0.0630. The van der Waals surface area contributed by atoms with Crippen LogP contribution in [-0.2, 0) is 16.1 Å². The quantitative estimate of drug-likeness (QED) is 0.290. The minimum atomic E-state index is -0.818. The second kappa shape index (κ2) is 9.53. The van der Waals surface area contributed by atoms with E-state index in [1.165, 1.54) is 7.11 Å². The first-order valence-electron chi connectivity index (χ1n) is 12.9. The van der Waals surface area contributed by atoms with E-state index in [4.69, 9.17) is 18.9 Å². The molecule has 0 radical (unpaired) electrons. The van der Waals surface area contributed by atoms with Crippen molar-refractivity contribution < 1.29 is 33.6 Å². The van der Waals surface area contributed by atoms with E-state index >= 15 is 0 Å². The Bertz CT molecular complexity index is 1280. The SMILES string of the molecule is COc1c([C@@H](O)CC(C)C)ccc2c1C(=O)OCc1cc(C)cc(OC(=O)[C@]3(C)CC4C=CC3C4)c1O2. The average molecular weight is 507 g/mol. The highest BCUT2D eigenvalue weighted by Gasteiger charge is 2.51. The number of hydrogen-bond donors (Lipinski definition) is 1. The number of rotatable bonds is 6. The van der Waals surface area contributed by atoms with Gasteiger partial charge in [-0.3, -0.25) is 4.79 Å². The molecule has 2 bridgehead atoms. The lowest BCUT2D eigenvalue weighted by Gasteiger charge is -2.29. The molecule has 2 aromatic carbocycles. The summed E-state index contributed by atoms with van der Waals surface area (Å²) in [6.45, 7) is 7.81. The van der Waals surface area contributed by atoms with Crippen LogP contribution >= 0.6 is 0 Å². The third-order valence-electron chi connectivity index (χ3n) is 7.80. The van der Waals surface area contributed by atoms with Gasteiger partial charge in [-0.05, 0) is 80.7 Å². The molecule has 196 valence electrons. The number of carbonyl (C=O) groups excluding carboxylic acids is 2. The largest absolute Gasteiger partial charge is 0.495 e. The van der Waals surface area contributed by atoms with Gasteiger partial charge < -0.3 is 24.1 Å². The lowest BCUT2D eigenvalue weighted by molar-refractivity contribution is -0.146. The van der Waals surface area contributed by atoms with Gasteiger partial charge in [0.05, 0.1) is 18.6 Å². The van der Waals surface area contributed by atoms with E-state index in [0.29, 0.717) is 35.0 Å². The zero-order valence-electron chi connectivity index (χ0n) is 22.0. The van der Waals surface area contributed by atoms with Gasteiger partial charge in [-0.25, -0.2) is 4.79 Å². The molecule has 5 rings (SSSR count). The monoisotopic (exact) mass is 506 g/mol. The number of ether oxygens (including phenoxy) is 4. The van der Waals surface area contributed by atoms with Gasteiger partial charge in [0.2, 0.25) is 0 Å². The van der Waals surface area contributed by atoms with Gasteiger partial charge in [-0.15, -0.1) is 0 Å². The van der Waals surface area contributed by atoms with Gasteiger partial charge in [0, 0.05) is 11.1 Å². The normalized spacial score (nSPS) is 24.5. The number of methoxy groups -OCH3 is 1. The molecule has 37 heavy (non-hydrogen) atoms. The first-order valence-corrected chi connectivity index (χ1v) is 12.9. The third kappa shape index (κ3) is 4.50. The molecule has 2 unspecified atom stereocenters. The van der Waals surface area contributed by atoms with Gasteiger partial charge in [0.15, 0.2) is 11.5 Å². The predicted octanol–water partition coefficient (Wildman–Crippen LogP) is 6.05. The highest BCUT2D eigenvalue weighted by atomic mass is 16.6. The summed E-state index contributed by atoms with van der Waals surface area (Å²) in [5.74, 6) is 0.957. The van der Waals surface area contributed by atoms with Gasteiger partial charge >= 0.3 is 11.9 Å². The molecular weight excluding hydrogens is 472 g/mol. The third-order valence-corrected chi connectivity index (χ3v) is 7.80. The molecule has 1 fully saturated rings. The predicted molar refractivity (Wildman–Crippen MR) is 137 cm³/mol. The van der Waals surface area contributed by atoms with E-state index < -0.39 is 17.5 Å². The average Bonchev–Trinajstić information content (AvgIpc) is 3.43. The van der Waals surface area contributed by atoms with E-state index in [1.807, 2.05) is 33.8 Å². The van der Waals surface area contributed by atoms with Gasteiger partial charge in [-0.1, -0.05) is 26.0 Å². The molecule has 0 amide bonds. The van der Waals surface area contributed by atoms with Crippen molar-refractivity contribution in [2.24, 2.45) is 23.2 Å². The highest BCUT2D eigenvalue weighted by molar-refractivity contribution is 5.97. The van der Waals surface area contributed by atoms with E-state index in [2.05, 4.69) is 12.2 Å². The number of hydrogen-bond acceptors (Lipinski definition) is 7. The van der Waals surface area contributed by atoms with Gasteiger partial charge in [0.1, 0.15) is 23.7 Å². The molecule has 0 aromatic heterocycles. The number of cyclic esters (lactones) is 1. The zero-order chi connectivity index (χ0) is 26.5. The maximum absolute atomic E-state index is 13.4. The summed E-state index contributed by atoms with van der Waals surface area (Å²) in [5, 5.41) is 10.8. The number of esters is 2. The van der Waals surface area contributed by atoms with E-state index in [0.717, 1.165) is 18.4 Å². The molecule has 2 aromatic rings. The number of fused-ring (bicyclic) bond motifs is 4. The fourth-order valence-corrected chi connectivity index (χ4v) is 5.90. The molecule has 1 heterocycles. The van der Waals surface area contributed by atoms with Crippen molar-refractivity contribution in [2.45, 2.75) is 59.7 Å². The molecule has 4 atom stereocenters. The summed E-state index contributed by atoms with van der Waals surface area (Å²) in [6.07, 6.45) is 5.74. The zero-order valence-corrected chi connectivity index (χ0v) is 22.0. The lowest BCUT2D eigenvalue weighted by Crippen LogP contribution is -2.35. The van der Waals surface area contributed by atoms with Crippen LogP contribution in [0.25, 0.3) is 0 Å². The molecule has 1 aliphatic heterocycles. The van der Waals surface area contributed by atoms with Crippen LogP contribution < -0.4 is 14.2 Å². The Hall–Kier alpha value is -3.32. The molecule has 1 N–H and O–H groups in total. The summed E-state index contributed by atoms with van der Waals surface area (Å²) in [4.78, 5) is 26.6. The Morgan fingerprint density at radius 2 is 2.03 bits per heavy atom. The Labute approximate surface area is 217 Å². The summed E-state index contributed by atoms with van der Waals surface area (Å²) < 4.78 is 23.6. The number of carbonyl (C=O) groups is 2. The van der Waals surface area contributed by atoms with Crippen molar-refractivity contribution >= 4 is 11.9 Å². The molecule has 3 aliphatic rings. The number of allylic oxidation sites excluding steroid dienone is 2. The maximum Gasteiger partial charge on any atom is 0.346 e. The molecule has 0 spiro atoms. The van der Waals surface area contributed by atoms with E-state index in [-0.39, 0.29) is 41.5 Å². The topological polar surface area (TPSA) is 91.3 Å². The van der Waals surface area contributed by atoms with Crippen LogP contribution in [0.4, 0.5) is 0 Å². The summed E-state index contributed by atoms with van der Waals surface area (Å²) >= 11 is 0. The minimum Gasteiger partial charge on any atom is -0.495 e. The van der Waals surface area contributed by atoms with Crippen molar-refractivity contribution in [3.05, 3.63) is 58.7 Å². The molecule has 0 saturated heterocycles. The molecule has 7 heteroatoms. The van der Waals surface area contributed by atoms with Crippen molar-refractivity contribution in [1.82, 2.24) is 0 Å². The van der Waals surface area contributed by atoms with Crippen molar-refractivity contribution in [3.63, 3.8) is 0 Å². The van der Waals surface area contributed by atoms with Gasteiger partial charge in [-0.2, -0.15) is 0 Å². The lowest BCUT2D eigenvalue weighted by atomic mass is 9.78. The molecular formula is C30H34O7. The fourth-order valence-electron chi connectivity index (χ4n) is 5.90. The molecule has 7 nitrogen and oxygen atoms in total. The second-order valence-corrected chi connectivity index (χ2v) is 11.1. The second-order valence-electron chi connectivity index (χ2n) is 11.1. The van der Waals surface area contributed by atoms with Crippen LogP contribution in [0.3, 0.4) is 0 Å². The van der Waals surface area contributed by atoms with Crippen LogP contribution in [0.15, 0.2) is 36.4 Å². The smallest absolute Gasteiger partial charge is 0.346 e. The standard InChI is InChI=1S/C30H34O7/c1-16(2)10-22(31)21-8-9-23-25(27(21)34-5)28(32)35-15-19-11-17(3)12-24(26(19)36-23)37-29(33)30(4)14-18-6-7-20(30)13-18/h6-9,11-12,16,18,20,22,31H,10,13-15H2,1-5H3/t18?,20?,22-,30+/m0/s1. The van der Waals surface area contributed by atoms with Crippen LogP contribution in [0, 0.1) is 30.1 Å². The van der Waals surface area contributed by atoms with Crippen molar-refractivity contribution in [1.29, 1.82) is 0 Å². The summed E-state index contributed by atoms with van der Waals surface area (Å²) in [7, 11) is 1.45. The number of aryl methyl sites for hydroxylation is 1. The Morgan fingerprint density at radius 1 is 1.24 bits per heavy atom. The Balaban J connectivity index is 1.53. The Kier molecular flexibility index (Phi) is 6.52. The van der Waals surface area contributed by atoms with E-state index in [1.54, 1.807) is 18.2 Å². The van der Waals surface area contributed by atoms with Crippen molar-refractivity contribution in [2.75, 3.05) is 7.11 Å². The highest BCUT2D eigenvalue weighted by Crippen LogP contribution is 2.53. The van der Waals surface area contributed by atoms with Crippen molar-refractivity contribution in [3.8, 4) is 23.0 Å². The summed E-state index contributed by atoms with van der Waals surface area (Å²) in [5.41, 5.74) is 1.44. The molecule has 1 saturated carbocycles. The first-order chi connectivity index (χ1) is 17.6. The van der Waals surface area contributed by atoms with Crippen LogP contribution in [-0.4, -0.2) is 24.2 Å². The number of aliphatic hydroxyl groups excluding tert-OH is 1. The molecule has 2 aliphatic carbocycles. The maximum atomic E-state index is 13.4. The van der Waals surface area contributed by atoms with Gasteiger partial charge in [0.25, 0.3) is 0 Å². The number of benzene rings is 2. The van der Waals surface area contributed by atoms with Crippen LogP contribution in [0.1, 0.15) is 73.2 Å². The number of aliphatic hydroxyl groups is 1.